The fourth-order valence-electron chi connectivity index (χ4n) is 5.25. The molecule has 6 atom stereocenters. The van der Waals surface area contributed by atoms with Gasteiger partial charge < -0.3 is 64.8 Å². The molecule has 1 aliphatic heterocycles. The lowest BCUT2D eigenvalue weighted by molar-refractivity contribution is -0.128. The van der Waals surface area contributed by atoms with Gasteiger partial charge in [-0.2, -0.15) is 8.62 Å². The number of anilines is 1. The molecular formula is C30H39N10O17P3. The van der Waals surface area contributed by atoms with E-state index in [1.54, 1.807) is 18.2 Å². The van der Waals surface area contributed by atoms with E-state index in [9.17, 15) is 37.9 Å². The fourth-order valence-corrected chi connectivity index (χ4v) is 8.28. The summed E-state index contributed by atoms with van der Waals surface area (Å²) >= 11 is 0. The van der Waals surface area contributed by atoms with E-state index in [1.165, 1.54) is 37.2 Å². The maximum absolute atomic E-state index is 12.5. The quantitative estimate of drug-likeness (QED) is 0.0182. The molecule has 3 aromatic rings. The molecule has 0 radical (unpaired) electrons. The molecular weight excluding hydrogens is 865 g/mol. The van der Waals surface area contributed by atoms with Crippen molar-refractivity contribution in [2.24, 2.45) is 5.11 Å². The molecule has 0 bridgehead atoms. The Morgan fingerprint density at radius 1 is 1.12 bits per heavy atom. The smallest absolute Gasteiger partial charge is 0.490 e. The largest absolute Gasteiger partial charge is 0.491 e. The average molecular weight is 905 g/mol. The molecule has 1 fully saturated rings. The van der Waals surface area contributed by atoms with Gasteiger partial charge in [-0.25, -0.2) is 23.7 Å². The third-order valence-corrected chi connectivity index (χ3v) is 11.5. The maximum atomic E-state index is 12.5. The number of phosphoric ester groups is 1. The summed E-state index contributed by atoms with van der Waals surface area (Å²) in [6, 6.07) is 6.12. The van der Waals surface area contributed by atoms with Gasteiger partial charge in [0.05, 0.1) is 30.2 Å². The van der Waals surface area contributed by atoms with Gasteiger partial charge in [-0.3, -0.25) is 18.9 Å². The van der Waals surface area contributed by atoms with Crippen molar-refractivity contribution in [2.45, 2.75) is 38.0 Å². The topological polar surface area (TPSA) is 390 Å². The zero-order valence-electron chi connectivity index (χ0n) is 31.4. The molecule has 1 aromatic carbocycles. The van der Waals surface area contributed by atoms with Crippen molar-refractivity contribution >= 4 is 58.0 Å². The number of phosphoric acid groups is 3. The number of methoxy groups -OCH3 is 1. The number of ether oxygens (including phenoxy) is 4. The number of nitrogen functional groups attached to an aromatic ring is 1. The third-order valence-electron chi connectivity index (χ3n) is 7.71. The second-order valence-corrected chi connectivity index (χ2v) is 16.5. The molecule has 3 heterocycles. The zero-order valence-corrected chi connectivity index (χ0v) is 34.1. The SMILES string of the molecule is CO[C@H]1CC(n2cc(C#CCNC(=O)COC(COc3cccc(C(=O)NCCNC(C)=O)c3)N=[N+]=[N-])c3c(N)ncnc32)O[C@@H]1COP(=O)(O)OP(=O)(O)OP(=O)(O)O. The summed E-state index contributed by atoms with van der Waals surface area (Å²) in [6.07, 6.45) is -1.19. The van der Waals surface area contributed by atoms with Crippen molar-refractivity contribution in [1.82, 2.24) is 30.5 Å². The first-order valence-corrected chi connectivity index (χ1v) is 21.6. The maximum Gasteiger partial charge on any atom is 0.490 e. The van der Waals surface area contributed by atoms with E-state index < -0.39 is 73.2 Å². The summed E-state index contributed by atoms with van der Waals surface area (Å²) in [5, 5.41) is 11.5. The number of nitrogens with zero attached hydrogens (tertiary/aromatic N) is 6. The van der Waals surface area contributed by atoms with Gasteiger partial charge in [-0.1, -0.05) is 23.0 Å². The summed E-state index contributed by atoms with van der Waals surface area (Å²) in [7, 11) is -15.5. The molecule has 3 amide bonds. The van der Waals surface area contributed by atoms with Gasteiger partial charge in [-0.05, 0) is 23.7 Å². The minimum absolute atomic E-state index is 0.0472. The number of carbonyl (C=O) groups excluding carboxylic acids is 3. The van der Waals surface area contributed by atoms with Crippen LogP contribution in [0.3, 0.4) is 0 Å². The Morgan fingerprint density at radius 2 is 1.87 bits per heavy atom. The molecule has 326 valence electrons. The van der Waals surface area contributed by atoms with Crippen LogP contribution in [0.2, 0.25) is 0 Å². The molecule has 0 spiro atoms. The second-order valence-electron chi connectivity index (χ2n) is 12.1. The number of benzene rings is 1. The predicted octanol–water partition coefficient (Wildman–Crippen LogP) is 0.725. The number of aromatic nitrogens is 3. The highest BCUT2D eigenvalue weighted by molar-refractivity contribution is 7.66. The molecule has 4 unspecified atom stereocenters. The molecule has 0 saturated carbocycles. The molecule has 60 heavy (non-hydrogen) atoms. The van der Waals surface area contributed by atoms with Crippen molar-refractivity contribution < 1.29 is 79.7 Å². The van der Waals surface area contributed by atoms with Gasteiger partial charge in [-0.15, -0.1) is 0 Å². The summed E-state index contributed by atoms with van der Waals surface area (Å²) < 4.78 is 70.9. The van der Waals surface area contributed by atoms with Crippen LogP contribution >= 0.6 is 23.5 Å². The molecule has 2 aromatic heterocycles. The van der Waals surface area contributed by atoms with Crippen molar-refractivity contribution in [3.05, 3.63) is 58.4 Å². The summed E-state index contributed by atoms with van der Waals surface area (Å²) in [6.45, 7) is 0.0156. The lowest BCUT2D eigenvalue weighted by Gasteiger charge is -2.20. The predicted molar refractivity (Wildman–Crippen MR) is 203 cm³/mol. The Bertz CT molecular complexity index is 2290. The van der Waals surface area contributed by atoms with Crippen molar-refractivity contribution in [2.75, 3.05) is 52.3 Å². The first-order chi connectivity index (χ1) is 28.3. The van der Waals surface area contributed by atoms with Crippen molar-refractivity contribution in [3.8, 4) is 17.6 Å². The van der Waals surface area contributed by atoms with Crippen LogP contribution in [0, 0.1) is 11.8 Å². The van der Waals surface area contributed by atoms with Crippen LogP contribution in [0.25, 0.3) is 21.5 Å². The van der Waals surface area contributed by atoms with Crippen molar-refractivity contribution in [3.63, 3.8) is 0 Å². The first-order valence-electron chi connectivity index (χ1n) is 17.0. The number of fused-ring (bicyclic) bond motifs is 1. The van der Waals surface area contributed by atoms with Crippen molar-refractivity contribution in [1.29, 1.82) is 0 Å². The van der Waals surface area contributed by atoms with E-state index in [-0.39, 0.29) is 61.3 Å². The fraction of sp³-hybridized carbons (Fsp3) is 0.433. The Balaban J connectivity index is 1.32. The molecule has 1 saturated heterocycles. The molecule has 9 N–H and O–H groups in total. The monoisotopic (exact) mass is 904 g/mol. The van der Waals surface area contributed by atoms with Gasteiger partial charge in [0.2, 0.25) is 11.8 Å². The van der Waals surface area contributed by atoms with E-state index >= 15 is 0 Å². The Hall–Kier alpha value is -4.99. The highest BCUT2D eigenvalue weighted by atomic mass is 31.3. The number of hydrogen-bond donors (Lipinski definition) is 8. The van der Waals surface area contributed by atoms with E-state index in [4.69, 9.17) is 44.5 Å². The van der Waals surface area contributed by atoms with Gasteiger partial charge in [0.25, 0.3) is 5.91 Å². The molecule has 30 heteroatoms. The van der Waals surface area contributed by atoms with Crippen LogP contribution in [0.15, 0.2) is 41.9 Å². The molecule has 1 aliphatic rings. The van der Waals surface area contributed by atoms with Gasteiger partial charge in [0.1, 0.15) is 49.1 Å². The van der Waals surface area contributed by atoms with Crippen LogP contribution in [0.1, 0.15) is 35.5 Å². The Labute approximate surface area is 339 Å². The number of hydrogen-bond acceptors (Lipinski definition) is 17. The van der Waals surface area contributed by atoms with E-state index in [2.05, 4.69) is 56.4 Å². The summed E-state index contributed by atoms with van der Waals surface area (Å²) in [4.78, 5) is 83.6. The van der Waals surface area contributed by atoms with E-state index in [1.807, 2.05) is 0 Å². The lowest BCUT2D eigenvalue weighted by Crippen LogP contribution is -2.33. The molecule has 27 nitrogen and oxygen atoms in total. The standard InChI is InChI=1S/C30H39N10O17P3/c1-18(41)33-9-10-35-30(43)19-5-3-7-21(11-19)52-16-25(38-39-32)53-15-24(42)34-8-4-6-20-13-40(29-27(20)28(31)36-17-37-29)26-12-22(51-2)23(55-26)14-54-59(47,48)57-60(49,50)56-58(44,45)46/h3,5,7,11,13,17,22-23,25-26H,8-10,12,14-16H2,1-2H3,(H,33,41)(H,34,42)(H,35,43)(H,47,48)(H,49,50)(H2,31,36,37)(H2,44,45,46)/t22-,23+,25?,26?/m0/s1. The molecule has 4 rings (SSSR count). The highest BCUT2D eigenvalue weighted by Crippen LogP contribution is 2.66. The number of nitrogens with two attached hydrogens (primary N) is 1. The number of nitrogens with one attached hydrogen (secondary N) is 3. The number of rotatable bonds is 21. The Kier molecular flexibility index (Phi) is 17.1. The van der Waals surface area contributed by atoms with Crippen LogP contribution in [0.4, 0.5) is 5.82 Å². The normalized spacial score (nSPS) is 18.8. The second kappa shape index (κ2) is 21.5. The van der Waals surface area contributed by atoms with Crippen LogP contribution < -0.4 is 26.4 Å². The number of carbonyl (C=O) groups is 3. The van der Waals surface area contributed by atoms with E-state index in [0.717, 1.165) is 0 Å². The number of amides is 3. The highest BCUT2D eigenvalue weighted by Gasteiger charge is 2.43. The first kappa shape index (κ1) is 47.7. The van der Waals surface area contributed by atoms with Crippen LogP contribution in [-0.2, 0) is 50.6 Å². The average Bonchev–Trinajstić information content (AvgIpc) is 3.75. The third kappa shape index (κ3) is 14.9. The summed E-state index contributed by atoms with van der Waals surface area (Å²) in [5.74, 6) is 4.67. The van der Waals surface area contributed by atoms with E-state index in [0.29, 0.717) is 10.9 Å². The van der Waals surface area contributed by atoms with Crippen LogP contribution in [0.5, 0.6) is 5.75 Å². The number of azide groups is 1. The van der Waals surface area contributed by atoms with Gasteiger partial charge >= 0.3 is 23.5 Å². The van der Waals surface area contributed by atoms with Gasteiger partial charge in [0.15, 0.2) is 6.23 Å². The molecule has 0 aliphatic carbocycles. The zero-order chi connectivity index (χ0) is 44.1. The Morgan fingerprint density at radius 3 is 2.57 bits per heavy atom. The minimum Gasteiger partial charge on any atom is -0.491 e. The van der Waals surface area contributed by atoms with Crippen LogP contribution in [-0.4, -0.2) is 117 Å². The lowest BCUT2D eigenvalue weighted by atomic mass is 10.2. The summed E-state index contributed by atoms with van der Waals surface area (Å²) in [5.41, 5.74) is 16.0. The minimum atomic E-state index is -5.74. The van der Waals surface area contributed by atoms with Gasteiger partial charge in [0, 0.05) is 50.2 Å².